The summed E-state index contributed by atoms with van der Waals surface area (Å²) in [6.07, 6.45) is 6.21. The van der Waals surface area contributed by atoms with Gasteiger partial charge in [0.2, 0.25) is 5.91 Å². The third kappa shape index (κ3) is 4.75. The van der Waals surface area contributed by atoms with Crippen molar-refractivity contribution in [2.45, 2.75) is 25.9 Å². The van der Waals surface area contributed by atoms with Gasteiger partial charge >= 0.3 is 5.97 Å². The number of carbonyl (C=O) groups is 2. The predicted octanol–water partition coefficient (Wildman–Crippen LogP) is 0.374. The number of nitrogens with zero attached hydrogens (tertiary/aromatic N) is 4. The van der Waals surface area contributed by atoms with Gasteiger partial charge in [0.05, 0.1) is 0 Å². The summed E-state index contributed by atoms with van der Waals surface area (Å²) in [7, 11) is 0. The van der Waals surface area contributed by atoms with Gasteiger partial charge in [-0.1, -0.05) is 0 Å². The van der Waals surface area contributed by atoms with E-state index in [0.29, 0.717) is 13.1 Å². The average molecular weight is 291 g/mol. The van der Waals surface area contributed by atoms with Crippen LogP contribution in [0, 0.1) is 0 Å². The Labute approximate surface area is 121 Å². The SMILES string of the molecule is O=C(CCn1ccc(C(=O)O)n1)NCCCn1cccn1. The molecule has 2 rings (SSSR count). The molecule has 2 N–H and O–H groups in total. The normalized spacial score (nSPS) is 10.5. The highest BCUT2D eigenvalue weighted by Gasteiger charge is 2.07. The Kier molecular flexibility index (Phi) is 5.08. The Morgan fingerprint density at radius 3 is 2.76 bits per heavy atom. The summed E-state index contributed by atoms with van der Waals surface area (Å²) in [5.41, 5.74) is -0.0189. The number of aromatic nitrogens is 4. The first kappa shape index (κ1) is 14.8. The Morgan fingerprint density at radius 1 is 1.24 bits per heavy atom. The van der Waals surface area contributed by atoms with Gasteiger partial charge in [0.25, 0.3) is 0 Å². The molecule has 0 atom stereocenters. The van der Waals surface area contributed by atoms with Crippen molar-refractivity contribution in [1.82, 2.24) is 24.9 Å². The molecule has 0 radical (unpaired) electrons. The zero-order valence-corrected chi connectivity index (χ0v) is 11.5. The number of nitrogens with one attached hydrogen (secondary N) is 1. The number of aromatic carboxylic acids is 1. The standard InChI is InChI=1S/C13H17N5O3/c19-12(14-5-1-7-17-8-2-6-15-17)4-10-18-9-3-11(16-18)13(20)21/h2-3,6,8-9H,1,4-5,7,10H2,(H,14,19)(H,20,21). The molecule has 0 saturated heterocycles. The lowest BCUT2D eigenvalue weighted by molar-refractivity contribution is -0.121. The van der Waals surface area contributed by atoms with Crippen molar-refractivity contribution in [3.63, 3.8) is 0 Å². The van der Waals surface area contributed by atoms with Gasteiger partial charge in [-0.05, 0) is 18.6 Å². The average Bonchev–Trinajstić information content (AvgIpc) is 3.12. The van der Waals surface area contributed by atoms with E-state index in [4.69, 9.17) is 5.11 Å². The molecule has 0 spiro atoms. The second kappa shape index (κ2) is 7.22. The zero-order valence-electron chi connectivity index (χ0n) is 11.5. The molecule has 0 aromatic carbocycles. The molecule has 0 aliphatic carbocycles. The van der Waals surface area contributed by atoms with Crippen LogP contribution in [0.2, 0.25) is 0 Å². The van der Waals surface area contributed by atoms with Crippen LogP contribution in [-0.4, -0.2) is 43.1 Å². The van der Waals surface area contributed by atoms with E-state index < -0.39 is 5.97 Å². The maximum Gasteiger partial charge on any atom is 0.356 e. The predicted molar refractivity (Wildman–Crippen MR) is 73.7 cm³/mol. The molecule has 8 nitrogen and oxygen atoms in total. The van der Waals surface area contributed by atoms with E-state index in [1.807, 2.05) is 16.9 Å². The van der Waals surface area contributed by atoms with E-state index in [2.05, 4.69) is 15.5 Å². The van der Waals surface area contributed by atoms with Crippen LogP contribution in [0.3, 0.4) is 0 Å². The topological polar surface area (TPSA) is 102 Å². The van der Waals surface area contributed by atoms with Crippen LogP contribution in [0.4, 0.5) is 0 Å². The lowest BCUT2D eigenvalue weighted by atomic mass is 10.3. The van der Waals surface area contributed by atoms with Crippen molar-refractivity contribution in [3.05, 3.63) is 36.4 Å². The van der Waals surface area contributed by atoms with Gasteiger partial charge in [-0.2, -0.15) is 10.2 Å². The summed E-state index contributed by atoms with van der Waals surface area (Å²) in [6, 6.07) is 3.26. The molecule has 8 heteroatoms. The first-order chi connectivity index (χ1) is 10.1. The van der Waals surface area contributed by atoms with Crippen LogP contribution in [0.1, 0.15) is 23.3 Å². The number of aryl methyl sites for hydroxylation is 2. The second-order valence-electron chi connectivity index (χ2n) is 4.49. The van der Waals surface area contributed by atoms with Crippen molar-refractivity contribution in [2.24, 2.45) is 0 Å². The summed E-state index contributed by atoms with van der Waals surface area (Å²) < 4.78 is 3.26. The molecule has 0 saturated carbocycles. The minimum atomic E-state index is -1.07. The molecule has 0 fully saturated rings. The molecule has 0 unspecified atom stereocenters. The number of hydrogen-bond acceptors (Lipinski definition) is 4. The first-order valence-electron chi connectivity index (χ1n) is 6.66. The highest BCUT2D eigenvalue weighted by Crippen LogP contribution is 1.97. The molecule has 0 aliphatic rings. The fourth-order valence-corrected chi connectivity index (χ4v) is 1.81. The van der Waals surface area contributed by atoms with Crippen LogP contribution in [0.5, 0.6) is 0 Å². The van der Waals surface area contributed by atoms with Gasteiger partial charge in [0.1, 0.15) is 0 Å². The first-order valence-corrected chi connectivity index (χ1v) is 6.66. The van der Waals surface area contributed by atoms with Crippen LogP contribution >= 0.6 is 0 Å². The number of carboxylic acids is 1. The molecule has 21 heavy (non-hydrogen) atoms. The quantitative estimate of drug-likeness (QED) is 0.684. The number of hydrogen-bond donors (Lipinski definition) is 2. The highest BCUT2D eigenvalue weighted by atomic mass is 16.4. The third-order valence-electron chi connectivity index (χ3n) is 2.87. The van der Waals surface area contributed by atoms with Gasteiger partial charge < -0.3 is 10.4 Å². The fraction of sp³-hybridized carbons (Fsp3) is 0.385. The van der Waals surface area contributed by atoms with Crippen molar-refractivity contribution < 1.29 is 14.7 Å². The smallest absolute Gasteiger partial charge is 0.356 e. The molecular weight excluding hydrogens is 274 g/mol. The molecule has 0 bridgehead atoms. The van der Waals surface area contributed by atoms with E-state index in [-0.39, 0.29) is 18.0 Å². The number of rotatable bonds is 8. The van der Waals surface area contributed by atoms with Gasteiger partial charge in [-0.15, -0.1) is 0 Å². The lowest BCUT2D eigenvalue weighted by Gasteiger charge is -2.05. The van der Waals surface area contributed by atoms with Gasteiger partial charge in [0.15, 0.2) is 5.69 Å². The summed E-state index contributed by atoms with van der Waals surface area (Å²) >= 11 is 0. The van der Waals surface area contributed by atoms with Crippen LogP contribution < -0.4 is 5.32 Å². The minimum absolute atomic E-state index is 0.0189. The van der Waals surface area contributed by atoms with Crippen molar-refractivity contribution in [2.75, 3.05) is 6.54 Å². The van der Waals surface area contributed by atoms with E-state index in [1.165, 1.54) is 10.7 Å². The number of carboxylic acid groups (broad SMARTS) is 1. The fourth-order valence-electron chi connectivity index (χ4n) is 1.81. The molecule has 2 heterocycles. The molecular formula is C13H17N5O3. The molecule has 1 amide bonds. The zero-order chi connectivity index (χ0) is 15.1. The third-order valence-corrected chi connectivity index (χ3v) is 2.87. The maximum absolute atomic E-state index is 11.6. The van der Waals surface area contributed by atoms with E-state index in [1.54, 1.807) is 12.4 Å². The second-order valence-corrected chi connectivity index (χ2v) is 4.49. The van der Waals surface area contributed by atoms with Gasteiger partial charge in [-0.25, -0.2) is 4.79 Å². The van der Waals surface area contributed by atoms with Crippen LogP contribution in [0.25, 0.3) is 0 Å². The Bertz CT molecular complexity index is 591. The van der Waals surface area contributed by atoms with Crippen molar-refractivity contribution in [3.8, 4) is 0 Å². The van der Waals surface area contributed by atoms with Crippen LogP contribution in [-0.2, 0) is 17.9 Å². The van der Waals surface area contributed by atoms with Gasteiger partial charge in [0, 0.05) is 44.6 Å². The summed E-state index contributed by atoms with van der Waals surface area (Å²) in [5, 5.41) is 19.4. The van der Waals surface area contributed by atoms with Crippen molar-refractivity contribution in [1.29, 1.82) is 0 Å². The Balaban J connectivity index is 1.61. The molecule has 2 aromatic heterocycles. The summed E-state index contributed by atoms with van der Waals surface area (Å²) in [6.45, 7) is 1.70. The molecule has 2 aromatic rings. The monoisotopic (exact) mass is 291 g/mol. The Hall–Kier alpha value is -2.64. The van der Waals surface area contributed by atoms with Gasteiger partial charge in [-0.3, -0.25) is 14.2 Å². The van der Waals surface area contributed by atoms with Crippen LogP contribution in [0.15, 0.2) is 30.7 Å². The van der Waals surface area contributed by atoms with E-state index in [9.17, 15) is 9.59 Å². The number of amides is 1. The highest BCUT2D eigenvalue weighted by molar-refractivity contribution is 5.85. The maximum atomic E-state index is 11.6. The number of carbonyl (C=O) groups excluding carboxylic acids is 1. The van der Waals surface area contributed by atoms with E-state index in [0.717, 1.165) is 13.0 Å². The van der Waals surface area contributed by atoms with Crippen molar-refractivity contribution >= 4 is 11.9 Å². The van der Waals surface area contributed by atoms with E-state index >= 15 is 0 Å². The molecule has 112 valence electrons. The molecule has 0 aliphatic heterocycles. The summed E-state index contributed by atoms with van der Waals surface area (Å²) in [4.78, 5) is 22.3. The largest absolute Gasteiger partial charge is 0.476 e. The minimum Gasteiger partial charge on any atom is -0.476 e. The summed E-state index contributed by atoms with van der Waals surface area (Å²) in [5.74, 6) is -1.15. The lowest BCUT2D eigenvalue weighted by Crippen LogP contribution is -2.26. The Morgan fingerprint density at radius 2 is 2.10 bits per heavy atom.